The Kier molecular flexibility index (Phi) is 1.83. The molecule has 0 fully saturated rings. The van der Waals surface area contributed by atoms with E-state index in [1.807, 2.05) is 30.3 Å². The summed E-state index contributed by atoms with van der Waals surface area (Å²) >= 11 is 0. The third-order valence-electron chi connectivity index (χ3n) is 2.98. The van der Waals surface area contributed by atoms with Crippen LogP contribution in [0.25, 0.3) is 0 Å². The average Bonchev–Trinajstić information content (AvgIpc) is 2.31. The number of fused-ring (bicyclic) bond motifs is 2. The Labute approximate surface area is 93.2 Å². The Hall–Kier alpha value is -2.09. The molecule has 2 nitrogen and oxygen atoms in total. The van der Waals surface area contributed by atoms with Gasteiger partial charge in [-0.15, -0.1) is 0 Å². The standard InChI is InChI=1S/C14H10O2/c15-11-6-5-10-7-9-3-1-2-4-12(9)14(16)13(10)8-11/h1-6,8,15H,7H2. The van der Waals surface area contributed by atoms with E-state index in [4.69, 9.17) is 0 Å². The van der Waals surface area contributed by atoms with Crippen molar-refractivity contribution < 1.29 is 9.90 Å². The average molecular weight is 210 g/mol. The number of aromatic hydroxyl groups is 1. The highest BCUT2D eigenvalue weighted by atomic mass is 16.3. The lowest BCUT2D eigenvalue weighted by Crippen LogP contribution is -2.14. The number of hydrogen-bond acceptors (Lipinski definition) is 2. The molecular formula is C14H10O2. The minimum Gasteiger partial charge on any atom is -0.508 e. The number of phenolic OH excluding ortho intramolecular Hbond substituents is 1. The molecule has 78 valence electrons. The van der Waals surface area contributed by atoms with Crippen LogP contribution in [0.4, 0.5) is 0 Å². The van der Waals surface area contributed by atoms with Crippen LogP contribution in [0.3, 0.4) is 0 Å². The quantitative estimate of drug-likeness (QED) is 0.619. The van der Waals surface area contributed by atoms with Gasteiger partial charge in [0.15, 0.2) is 5.78 Å². The van der Waals surface area contributed by atoms with Gasteiger partial charge in [0.1, 0.15) is 5.75 Å². The zero-order chi connectivity index (χ0) is 11.1. The molecule has 3 rings (SSSR count). The third kappa shape index (κ3) is 1.23. The number of phenols is 1. The van der Waals surface area contributed by atoms with Gasteiger partial charge in [0.2, 0.25) is 0 Å². The third-order valence-corrected chi connectivity index (χ3v) is 2.98. The summed E-state index contributed by atoms with van der Waals surface area (Å²) < 4.78 is 0. The molecule has 0 aliphatic heterocycles. The number of carbonyl (C=O) groups is 1. The van der Waals surface area contributed by atoms with Crippen molar-refractivity contribution in [1.82, 2.24) is 0 Å². The van der Waals surface area contributed by atoms with Crippen LogP contribution in [-0.4, -0.2) is 10.9 Å². The largest absolute Gasteiger partial charge is 0.508 e. The minimum absolute atomic E-state index is 0.00718. The lowest BCUT2D eigenvalue weighted by atomic mass is 9.85. The molecule has 1 aliphatic rings. The van der Waals surface area contributed by atoms with E-state index in [1.54, 1.807) is 12.1 Å². The molecule has 0 amide bonds. The lowest BCUT2D eigenvalue weighted by molar-refractivity contribution is 0.103. The molecule has 2 heteroatoms. The topological polar surface area (TPSA) is 37.3 Å². The minimum atomic E-state index is 0.00718. The molecule has 0 heterocycles. The molecule has 2 aromatic rings. The molecule has 1 N–H and O–H groups in total. The van der Waals surface area contributed by atoms with Crippen LogP contribution in [0.15, 0.2) is 42.5 Å². The van der Waals surface area contributed by atoms with Crippen LogP contribution in [0.5, 0.6) is 5.75 Å². The van der Waals surface area contributed by atoms with E-state index < -0.39 is 0 Å². The summed E-state index contributed by atoms with van der Waals surface area (Å²) in [7, 11) is 0. The van der Waals surface area contributed by atoms with E-state index >= 15 is 0 Å². The van der Waals surface area contributed by atoms with E-state index in [0.29, 0.717) is 5.56 Å². The highest BCUT2D eigenvalue weighted by Crippen LogP contribution is 2.28. The Morgan fingerprint density at radius 2 is 1.69 bits per heavy atom. The zero-order valence-corrected chi connectivity index (χ0v) is 8.60. The Morgan fingerprint density at radius 3 is 2.56 bits per heavy atom. The summed E-state index contributed by atoms with van der Waals surface area (Å²) in [6.07, 6.45) is 0.761. The second-order valence-electron chi connectivity index (χ2n) is 4.00. The fraction of sp³-hybridized carbons (Fsp3) is 0.0714. The van der Waals surface area contributed by atoms with Gasteiger partial charge in [-0.3, -0.25) is 4.79 Å². The van der Waals surface area contributed by atoms with Gasteiger partial charge in [0, 0.05) is 11.1 Å². The number of carbonyl (C=O) groups excluding carboxylic acids is 1. The second kappa shape index (κ2) is 3.20. The van der Waals surface area contributed by atoms with Gasteiger partial charge in [0.25, 0.3) is 0 Å². The van der Waals surface area contributed by atoms with Gasteiger partial charge in [-0.2, -0.15) is 0 Å². The molecule has 0 atom stereocenters. The molecule has 16 heavy (non-hydrogen) atoms. The number of rotatable bonds is 0. The van der Waals surface area contributed by atoms with Crippen molar-refractivity contribution in [3.05, 3.63) is 64.7 Å². The van der Waals surface area contributed by atoms with Crippen LogP contribution in [0, 0.1) is 0 Å². The fourth-order valence-electron chi connectivity index (χ4n) is 2.18. The Bertz CT molecular complexity index is 585. The molecule has 0 saturated heterocycles. The first-order chi connectivity index (χ1) is 7.75. The molecule has 0 unspecified atom stereocenters. The van der Waals surface area contributed by atoms with Crippen molar-refractivity contribution >= 4 is 5.78 Å². The van der Waals surface area contributed by atoms with E-state index in [2.05, 4.69) is 0 Å². The summed E-state index contributed by atoms with van der Waals surface area (Å²) in [6, 6.07) is 12.6. The van der Waals surface area contributed by atoms with Crippen LogP contribution < -0.4 is 0 Å². The molecule has 2 aromatic carbocycles. The molecule has 0 bridgehead atoms. The first kappa shape index (κ1) is 9.16. The van der Waals surface area contributed by atoms with E-state index in [1.165, 1.54) is 0 Å². The number of ketones is 1. The monoisotopic (exact) mass is 210 g/mol. The van der Waals surface area contributed by atoms with Crippen molar-refractivity contribution in [2.45, 2.75) is 6.42 Å². The molecule has 0 spiro atoms. The zero-order valence-electron chi connectivity index (χ0n) is 8.60. The first-order valence-electron chi connectivity index (χ1n) is 5.20. The van der Waals surface area contributed by atoms with Gasteiger partial charge in [-0.25, -0.2) is 0 Å². The van der Waals surface area contributed by atoms with Crippen molar-refractivity contribution in [3.8, 4) is 5.75 Å². The summed E-state index contributed by atoms with van der Waals surface area (Å²) in [5.41, 5.74) is 3.42. The maximum absolute atomic E-state index is 12.1. The van der Waals surface area contributed by atoms with Gasteiger partial charge in [-0.1, -0.05) is 30.3 Å². The van der Waals surface area contributed by atoms with Gasteiger partial charge < -0.3 is 5.11 Å². The highest BCUT2D eigenvalue weighted by Gasteiger charge is 2.22. The van der Waals surface area contributed by atoms with E-state index in [0.717, 1.165) is 23.1 Å². The lowest BCUT2D eigenvalue weighted by Gasteiger charge is -2.18. The number of hydrogen-bond donors (Lipinski definition) is 1. The van der Waals surface area contributed by atoms with Crippen LogP contribution in [0.2, 0.25) is 0 Å². The van der Waals surface area contributed by atoms with E-state index in [9.17, 15) is 9.90 Å². The summed E-state index contributed by atoms with van der Waals surface area (Å²) in [4.78, 5) is 12.1. The van der Waals surface area contributed by atoms with Gasteiger partial charge in [-0.05, 0) is 29.7 Å². The predicted octanol–water partition coefficient (Wildman–Crippen LogP) is 2.53. The number of benzene rings is 2. The first-order valence-corrected chi connectivity index (χ1v) is 5.20. The van der Waals surface area contributed by atoms with Crippen molar-refractivity contribution in [2.24, 2.45) is 0 Å². The van der Waals surface area contributed by atoms with Crippen LogP contribution >= 0.6 is 0 Å². The van der Waals surface area contributed by atoms with Gasteiger partial charge in [0.05, 0.1) is 0 Å². The maximum atomic E-state index is 12.1. The summed E-state index contributed by atoms with van der Waals surface area (Å²) in [5.74, 6) is 0.152. The highest BCUT2D eigenvalue weighted by molar-refractivity contribution is 6.12. The van der Waals surface area contributed by atoms with Gasteiger partial charge >= 0.3 is 0 Å². The molecule has 0 aromatic heterocycles. The molecular weight excluding hydrogens is 200 g/mol. The van der Waals surface area contributed by atoms with Crippen LogP contribution in [-0.2, 0) is 6.42 Å². The van der Waals surface area contributed by atoms with Crippen molar-refractivity contribution in [2.75, 3.05) is 0 Å². The van der Waals surface area contributed by atoms with Crippen LogP contribution in [0.1, 0.15) is 27.0 Å². The Morgan fingerprint density at radius 1 is 0.938 bits per heavy atom. The second-order valence-corrected chi connectivity index (χ2v) is 4.00. The predicted molar refractivity (Wildman–Crippen MR) is 60.8 cm³/mol. The summed E-state index contributed by atoms with van der Waals surface area (Å²) in [6.45, 7) is 0. The molecule has 0 radical (unpaired) electrons. The maximum Gasteiger partial charge on any atom is 0.193 e. The summed E-state index contributed by atoms with van der Waals surface area (Å²) in [5, 5.41) is 9.40. The smallest absolute Gasteiger partial charge is 0.193 e. The van der Waals surface area contributed by atoms with E-state index in [-0.39, 0.29) is 11.5 Å². The SMILES string of the molecule is O=C1c2ccccc2Cc2ccc(O)cc21. The fourth-order valence-corrected chi connectivity index (χ4v) is 2.18. The van der Waals surface area contributed by atoms with Crippen molar-refractivity contribution in [3.63, 3.8) is 0 Å². The molecule has 1 aliphatic carbocycles. The normalized spacial score (nSPS) is 13.1. The van der Waals surface area contributed by atoms with Crippen molar-refractivity contribution in [1.29, 1.82) is 0 Å². The molecule has 0 saturated carbocycles. The Balaban J connectivity index is 2.23.